The van der Waals surface area contributed by atoms with Crippen LogP contribution in [0.4, 0.5) is 9.59 Å². The minimum absolute atomic E-state index is 0.0747. The average molecular weight is 531 g/mol. The second kappa shape index (κ2) is 20.9. The van der Waals surface area contributed by atoms with E-state index in [0.29, 0.717) is 39.4 Å². The lowest BCUT2D eigenvalue weighted by Crippen LogP contribution is -2.34. The van der Waals surface area contributed by atoms with Gasteiger partial charge in [-0.1, -0.05) is 23.7 Å². The van der Waals surface area contributed by atoms with Crippen molar-refractivity contribution < 1.29 is 38.1 Å². The molecule has 0 radical (unpaired) electrons. The molecule has 1 rings (SSSR count). The Morgan fingerprint density at radius 1 is 0.632 bits per heavy atom. The molecule has 0 saturated heterocycles. The molecule has 0 aromatic heterocycles. The van der Waals surface area contributed by atoms with Crippen molar-refractivity contribution >= 4 is 24.1 Å². The smallest absolute Gasteiger partial charge is 0.408 e. The number of esters is 2. The van der Waals surface area contributed by atoms with Crippen molar-refractivity contribution in [3.05, 3.63) is 35.4 Å². The molecule has 38 heavy (non-hydrogen) atoms. The van der Waals surface area contributed by atoms with E-state index in [1.54, 1.807) is 38.1 Å². The van der Waals surface area contributed by atoms with Crippen molar-refractivity contribution in [1.82, 2.24) is 21.3 Å². The Balaban J connectivity index is 2.18. The monoisotopic (exact) mass is 530 g/mol. The lowest BCUT2D eigenvalue weighted by atomic mass is 10.1. The molecule has 12 heteroatoms. The largest absolute Gasteiger partial charge is 0.465 e. The van der Waals surface area contributed by atoms with Gasteiger partial charge in [0.1, 0.15) is 0 Å². The molecule has 0 fully saturated rings. The summed E-state index contributed by atoms with van der Waals surface area (Å²) >= 11 is 0. The fourth-order valence-corrected chi connectivity index (χ4v) is 2.53. The molecular formula is C26H34N4O8. The molecule has 0 atom stereocenters. The third-order valence-corrected chi connectivity index (χ3v) is 4.19. The van der Waals surface area contributed by atoms with Crippen LogP contribution in [0, 0.1) is 23.7 Å². The molecule has 0 bridgehead atoms. The highest BCUT2D eigenvalue weighted by atomic mass is 16.6. The van der Waals surface area contributed by atoms with Gasteiger partial charge >= 0.3 is 24.1 Å². The van der Waals surface area contributed by atoms with E-state index in [2.05, 4.69) is 44.9 Å². The van der Waals surface area contributed by atoms with Crippen LogP contribution in [0.15, 0.2) is 24.3 Å². The SMILES string of the molecule is CCOC(=O)CNCCNC(=O)OCC#Cc1ccc(C#CCOC(=O)NCCNCC(=O)OCC)cc1. The lowest BCUT2D eigenvalue weighted by Gasteiger charge is -2.06. The number of amides is 2. The van der Waals surface area contributed by atoms with E-state index in [4.69, 9.17) is 18.9 Å². The van der Waals surface area contributed by atoms with Crippen molar-refractivity contribution in [2.75, 3.05) is 65.7 Å². The fourth-order valence-electron chi connectivity index (χ4n) is 2.53. The van der Waals surface area contributed by atoms with Crippen LogP contribution < -0.4 is 21.3 Å². The van der Waals surface area contributed by atoms with Crippen LogP contribution in [0.3, 0.4) is 0 Å². The van der Waals surface area contributed by atoms with Gasteiger partial charge in [-0.25, -0.2) is 9.59 Å². The first kappa shape index (κ1) is 31.8. The maximum atomic E-state index is 11.6. The van der Waals surface area contributed by atoms with E-state index in [9.17, 15) is 19.2 Å². The summed E-state index contributed by atoms with van der Waals surface area (Å²) in [6, 6.07) is 7.07. The molecule has 0 aliphatic heterocycles. The van der Waals surface area contributed by atoms with Gasteiger partial charge in [-0.15, -0.1) is 0 Å². The second-order valence-electron chi connectivity index (χ2n) is 7.15. The van der Waals surface area contributed by atoms with E-state index in [1.165, 1.54) is 0 Å². The molecular weight excluding hydrogens is 496 g/mol. The highest BCUT2D eigenvalue weighted by Gasteiger charge is 2.03. The number of rotatable bonds is 14. The van der Waals surface area contributed by atoms with Crippen molar-refractivity contribution in [3.63, 3.8) is 0 Å². The molecule has 0 aliphatic rings. The Kier molecular flexibility index (Phi) is 17.5. The lowest BCUT2D eigenvalue weighted by molar-refractivity contribution is -0.142. The van der Waals surface area contributed by atoms with Crippen molar-refractivity contribution in [2.24, 2.45) is 0 Å². The zero-order valence-electron chi connectivity index (χ0n) is 21.6. The third kappa shape index (κ3) is 17.2. The van der Waals surface area contributed by atoms with Gasteiger partial charge in [-0.3, -0.25) is 9.59 Å². The minimum atomic E-state index is -0.607. The first-order chi connectivity index (χ1) is 18.4. The topological polar surface area (TPSA) is 153 Å². The Bertz CT molecular complexity index is 925. The molecule has 4 N–H and O–H groups in total. The van der Waals surface area contributed by atoms with Gasteiger partial charge in [0, 0.05) is 37.3 Å². The van der Waals surface area contributed by atoms with Crippen LogP contribution in [-0.4, -0.2) is 89.8 Å². The molecule has 0 saturated carbocycles. The number of hydrogen-bond donors (Lipinski definition) is 4. The predicted molar refractivity (Wildman–Crippen MR) is 138 cm³/mol. The van der Waals surface area contributed by atoms with Crippen LogP contribution in [0.2, 0.25) is 0 Å². The fraction of sp³-hybridized carbons (Fsp3) is 0.462. The van der Waals surface area contributed by atoms with Gasteiger partial charge in [0.2, 0.25) is 0 Å². The van der Waals surface area contributed by atoms with Crippen LogP contribution in [0.25, 0.3) is 0 Å². The van der Waals surface area contributed by atoms with Crippen molar-refractivity contribution in [3.8, 4) is 23.7 Å². The molecule has 0 unspecified atom stereocenters. The number of carbonyl (C=O) groups is 4. The van der Waals surface area contributed by atoms with Crippen LogP contribution in [-0.2, 0) is 28.5 Å². The highest BCUT2D eigenvalue weighted by Crippen LogP contribution is 2.01. The Labute approximate surface area is 222 Å². The molecule has 0 spiro atoms. The summed E-state index contributed by atoms with van der Waals surface area (Å²) in [7, 11) is 0. The van der Waals surface area contributed by atoms with Gasteiger partial charge in [0.25, 0.3) is 0 Å². The van der Waals surface area contributed by atoms with E-state index in [-0.39, 0.29) is 38.2 Å². The van der Waals surface area contributed by atoms with Crippen molar-refractivity contribution in [2.45, 2.75) is 13.8 Å². The quantitative estimate of drug-likeness (QED) is 0.113. The maximum absolute atomic E-state index is 11.6. The van der Waals surface area contributed by atoms with Gasteiger partial charge in [-0.2, -0.15) is 0 Å². The normalized spacial score (nSPS) is 9.53. The summed E-state index contributed by atoms with van der Waals surface area (Å²) in [5.41, 5.74) is 1.44. The zero-order chi connectivity index (χ0) is 27.8. The van der Waals surface area contributed by atoms with E-state index in [0.717, 1.165) is 11.1 Å². The summed E-state index contributed by atoms with van der Waals surface area (Å²) in [5, 5.41) is 10.7. The third-order valence-electron chi connectivity index (χ3n) is 4.19. The van der Waals surface area contributed by atoms with E-state index < -0.39 is 12.2 Å². The molecule has 2 amide bonds. The van der Waals surface area contributed by atoms with Gasteiger partial charge in [0.15, 0.2) is 13.2 Å². The summed E-state index contributed by atoms with van der Waals surface area (Å²) in [4.78, 5) is 45.5. The Morgan fingerprint density at radius 3 is 1.39 bits per heavy atom. The number of hydrogen-bond acceptors (Lipinski definition) is 10. The van der Waals surface area contributed by atoms with Crippen LogP contribution in [0.5, 0.6) is 0 Å². The average Bonchev–Trinajstić information content (AvgIpc) is 2.90. The zero-order valence-corrected chi connectivity index (χ0v) is 21.6. The summed E-state index contributed by atoms with van der Waals surface area (Å²) < 4.78 is 19.5. The predicted octanol–water partition coefficient (Wildman–Crippen LogP) is 0.147. The van der Waals surface area contributed by atoms with Crippen molar-refractivity contribution in [1.29, 1.82) is 0 Å². The molecule has 0 heterocycles. The molecule has 12 nitrogen and oxygen atoms in total. The van der Waals surface area contributed by atoms with Gasteiger partial charge < -0.3 is 40.2 Å². The van der Waals surface area contributed by atoms with Crippen LogP contribution in [0.1, 0.15) is 25.0 Å². The molecule has 0 aliphatic carbocycles. The number of benzene rings is 1. The summed E-state index contributed by atoms with van der Waals surface area (Å²) in [6.45, 7) is 5.47. The molecule has 1 aromatic carbocycles. The van der Waals surface area contributed by atoms with Gasteiger partial charge in [0.05, 0.1) is 26.3 Å². The van der Waals surface area contributed by atoms with E-state index >= 15 is 0 Å². The highest BCUT2D eigenvalue weighted by molar-refractivity contribution is 5.72. The number of carbonyl (C=O) groups excluding carboxylic acids is 4. The minimum Gasteiger partial charge on any atom is -0.465 e. The Hall–Kier alpha value is -4.26. The molecule has 1 aromatic rings. The first-order valence-corrected chi connectivity index (χ1v) is 12.1. The van der Waals surface area contributed by atoms with Gasteiger partial charge in [-0.05, 0) is 38.1 Å². The Morgan fingerprint density at radius 2 is 1.03 bits per heavy atom. The number of ether oxygens (including phenoxy) is 4. The van der Waals surface area contributed by atoms with Crippen LogP contribution >= 0.6 is 0 Å². The maximum Gasteiger partial charge on any atom is 0.408 e. The second-order valence-corrected chi connectivity index (χ2v) is 7.15. The summed E-state index contributed by atoms with van der Waals surface area (Å²) in [6.07, 6.45) is -1.21. The molecule has 206 valence electrons. The summed E-state index contributed by atoms with van der Waals surface area (Å²) in [5.74, 6) is 10.5. The standard InChI is InChI=1S/C26H34N4O8/c1-3-35-23(31)19-27-13-15-29-25(33)37-17-5-7-21-9-11-22(12-10-21)8-6-18-38-26(34)30-16-14-28-20-24(32)36-4-2/h9-12,27-28H,3-4,13-20H2,1-2H3,(H,29,33)(H,30,34). The number of nitrogens with one attached hydrogen (secondary N) is 4. The number of alkyl carbamates (subject to hydrolysis) is 2. The van der Waals surface area contributed by atoms with E-state index in [1.807, 2.05) is 0 Å². The first-order valence-electron chi connectivity index (χ1n) is 12.1.